The largest absolute Gasteiger partial charge is 0.478 e. The van der Waals surface area contributed by atoms with Gasteiger partial charge in [-0.3, -0.25) is 0 Å². The standard InChI is InChI=1S/C16H12ClFO3/c1-10-5-7-15(12(17)9-10)21-14-4-2-3-13(18)11(14)6-8-16(19)20/h2-9H,1H3,(H,19,20)/b8-6+. The highest BCUT2D eigenvalue weighted by molar-refractivity contribution is 6.32. The Bertz CT molecular complexity index is 711. The van der Waals surface area contributed by atoms with Crippen molar-refractivity contribution < 1.29 is 19.0 Å². The van der Waals surface area contributed by atoms with Crippen LogP contribution in [0.5, 0.6) is 11.5 Å². The molecule has 0 fully saturated rings. The summed E-state index contributed by atoms with van der Waals surface area (Å²) < 4.78 is 19.4. The maximum Gasteiger partial charge on any atom is 0.328 e. The maximum absolute atomic E-state index is 13.8. The predicted molar refractivity (Wildman–Crippen MR) is 79.3 cm³/mol. The van der Waals surface area contributed by atoms with Gasteiger partial charge in [-0.2, -0.15) is 0 Å². The van der Waals surface area contributed by atoms with Crippen LogP contribution in [-0.4, -0.2) is 11.1 Å². The Morgan fingerprint density at radius 3 is 2.71 bits per heavy atom. The van der Waals surface area contributed by atoms with E-state index in [0.29, 0.717) is 10.8 Å². The lowest BCUT2D eigenvalue weighted by molar-refractivity contribution is -0.131. The van der Waals surface area contributed by atoms with Gasteiger partial charge in [0, 0.05) is 6.08 Å². The number of aryl methyl sites for hydroxylation is 1. The van der Waals surface area contributed by atoms with Crippen molar-refractivity contribution in [3.05, 3.63) is 64.4 Å². The van der Waals surface area contributed by atoms with E-state index in [0.717, 1.165) is 17.7 Å². The van der Waals surface area contributed by atoms with Crippen LogP contribution in [0.4, 0.5) is 4.39 Å². The van der Waals surface area contributed by atoms with Gasteiger partial charge < -0.3 is 9.84 Å². The Kier molecular flexibility index (Phi) is 4.60. The van der Waals surface area contributed by atoms with Crippen LogP contribution in [0.15, 0.2) is 42.5 Å². The van der Waals surface area contributed by atoms with Gasteiger partial charge in [0.1, 0.15) is 17.3 Å². The molecule has 0 atom stereocenters. The van der Waals surface area contributed by atoms with Gasteiger partial charge in [0.15, 0.2) is 0 Å². The van der Waals surface area contributed by atoms with E-state index in [2.05, 4.69) is 0 Å². The Hall–Kier alpha value is -2.33. The van der Waals surface area contributed by atoms with Crippen LogP contribution in [0.2, 0.25) is 5.02 Å². The lowest BCUT2D eigenvalue weighted by atomic mass is 10.1. The number of halogens is 2. The molecule has 3 nitrogen and oxygen atoms in total. The van der Waals surface area contributed by atoms with Crippen molar-refractivity contribution in [3.8, 4) is 11.5 Å². The van der Waals surface area contributed by atoms with E-state index in [1.807, 2.05) is 13.0 Å². The molecule has 0 spiro atoms. The summed E-state index contributed by atoms with van der Waals surface area (Å²) in [6.45, 7) is 1.89. The molecule has 0 saturated heterocycles. The number of hydrogen-bond acceptors (Lipinski definition) is 2. The Labute approximate surface area is 126 Å². The number of hydrogen-bond donors (Lipinski definition) is 1. The lowest BCUT2D eigenvalue weighted by Gasteiger charge is -2.11. The third-order valence-corrected chi connectivity index (χ3v) is 3.01. The minimum Gasteiger partial charge on any atom is -0.478 e. The van der Waals surface area contributed by atoms with Gasteiger partial charge in [-0.1, -0.05) is 23.7 Å². The van der Waals surface area contributed by atoms with E-state index >= 15 is 0 Å². The Balaban J connectivity index is 2.40. The molecular formula is C16H12ClFO3. The number of rotatable bonds is 4. The summed E-state index contributed by atoms with van der Waals surface area (Å²) in [6, 6.07) is 9.46. The first-order valence-electron chi connectivity index (χ1n) is 6.11. The first-order chi connectivity index (χ1) is 9.97. The highest BCUT2D eigenvalue weighted by Crippen LogP contribution is 2.33. The number of benzene rings is 2. The van der Waals surface area contributed by atoms with Crippen LogP contribution >= 0.6 is 11.6 Å². The summed E-state index contributed by atoms with van der Waals surface area (Å²) in [5.74, 6) is -1.18. The van der Waals surface area contributed by atoms with Crippen LogP contribution in [0.1, 0.15) is 11.1 Å². The molecule has 0 radical (unpaired) electrons. The molecule has 0 heterocycles. The van der Waals surface area contributed by atoms with Gasteiger partial charge in [-0.05, 0) is 42.8 Å². The number of carbonyl (C=O) groups is 1. The molecule has 1 N–H and O–H groups in total. The fourth-order valence-electron chi connectivity index (χ4n) is 1.73. The molecule has 0 aromatic heterocycles. The molecule has 0 unspecified atom stereocenters. The number of carboxylic acid groups (broad SMARTS) is 1. The summed E-state index contributed by atoms with van der Waals surface area (Å²) in [7, 11) is 0. The summed E-state index contributed by atoms with van der Waals surface area (Å²) in [5.41, 5.74) is 1.02. The van der Waals surface area contributed by atoms with Gasteiger partial charge in [-0.25, -0.2) is 9.18 Å². The van der Waals surface area contributed by atoms with Crippen LogP contribution in [0, 0.1) is 12.7 Å². The first-order valence-corrected chi connectivity index (χ1v) is 6.48. The van der Waals surface area contributed by atoms with Crippen LogP contribution < -0.4 is 4.74 Å². The zero-order chi connectivity index (χ0) is 15.4. The first kappa shape index (κ1) is 15.1. The van der Waals surface area contributed by atoms with E-state index in [-0.39, 0.29) is 11.3 Å². The second kappa shape index (κ2) is 6.41. The van der Waals surface area contributed by atoms with Gasteiger partial charge in [0.25, 0.3) is 0 Å². The minimum absolute atomic E-state index is 0.0524. The molecule has 0 aliphatic carbocycles. The van der Waals surface area contributed by atoms with Gasteiger partial charge >= 0.3 is 5.97 Å². The number of aliphatic carboxylic acids is 1. The van der Waals surface area contributed by atoms with Crippen molar-refractivity contribution in [3.63, 3.8) is 0 Å². The molecule has 21 heavy (non-hydrogen) atoms. The molecule has 0 bridgehead atoms. The third-order valence-electron chi connectivity index (χ3n) is 2.71. The van der Waals surface area contributed by atoms with Gasteiger partial charge in [0.2, 0.25) is 0 Å². The van der Waals surface area contributed by atoms with Crippen molar-refractivity contribution >= 4 is 23.6 Å². The summed E-state index contributed by atoms with van der Waals surface area (Å²) in [4.78, 5) is 10.6. The topological polar surface area (TPSA) is 46.5 Å². The zero-order valence-electron chi connectivity index (χ0n) is 11.1. The predicted octanol–water partition coefficient (Wildman–Crippen LogP) is 4.68. The molecule has 2 rings (SSSR count). The smallest absolute Gasteiger partial charge is 0.328 e. The highest BCUT2D eigenvalue weighted by Gasteiger charge is 2.10. The summed E-state index contributed by atoms with van der Waals surface area (Å²) in [6.07, 6.45) is 2.00. The second-order valence-electron chi connectivity index (χ2n) is 4.36. The zero-order valence-corrected chi connectivity index (χ0v) is 11.9. The van der Waals surface area contributed by atoms with E-state index in [4.69, 9.17) is 21.4 Å². The average Bonchev–Trinajstić information content (AvgIpc) is 2.41. The molecule has 0 aliphatic rings. The molecule has 0 amide bonds. The fourth-order valence-corrected chi connectivity index (χ4v) is 2.00. The second-order valence-corrected chi connectivity index (χ2v) is 4.77. The van der Waals surface area contributed by atoms with Gasteiger partial charge in [-0.15, -0.1) is 0 Å². The monoisotopic (exact) mass is 306 g/mol. The molecule has 2 aromatic rings. The van der Waals surface area contributed by atoms with Crippen molar-refractivity contribution in [1.82, 2.24) is 0 Å². The van der Waals surface area contributed by atoms with Crippen molar-refractivity contribution in [2.24, 2.45) is 0 Å². The summed E-state index contributed by atoms with van der Waals surface area (Å²) >= 11 is 6.07. The van der Waals surface area contributed by atoms with E-state index < -0.39 is 11.8 Å². The molecular weight excluding hydrogens is 295 g/mol. The van der Waals surface area contributed by atoms with Crippen molar-refractivity contribution in [1.29, 1.82) is 0 Å². The maximum atomic E-state index is 13.8. The van der Waals surface area contributed by atoms with Crippen molar-refractivity contribution in [2.75, 3.05) is 0 Å². The van der Waals surface area contributed by atoms with Crippen LogP contribution in [0.3, 0.4) is 0 Å². The molecule has 108 valence electrons. The minimum atomic E-state index is -1.17. The average molecular weight is 307 g/mol. The van der Waals surface area contributed by atoms with Crippen molar-refractivity contribution in [2.45, 2.75) is 6.92 Å². The fraction of sp³-hybridized carbons (Fsp3) is 0.0625. The van der Waals surface area contributed by atoms with Crippen LogP contribution in [0.25, 0.3) is 6.08 Å². The van der Waals surface area contributed by atoms with Gasteiger partial charge in [0.05, 0.1) is 10.6 Å². The molecule has 2 aromatic carbocycles. The third kappa shape index (κ3) is 3.83. The number of carboxylic acids is 1. The number of ether oxygens (including phenoxy) is 1. The Morgan fingerprint density at radius 1 is 1.29 bits per heavy atom. The van der Waals surface area contributed by atoms with E-state index in [9.17, 15) is 9.18 Å². The quantitative estimate of drug-likeness (QED) is 0.834. The Morgan fingerprint density at radius 2 is 2.05 bits per heavy atom. The molecule has 5 heteroatoms. The van der Waals surface area contributed by atoms with E-state index in [1.165, 1.54) is 12.1 Å². The lowest BCUT2D eigenvalue weighted by Crippen LogP contribution is -1.93. The molecule has 0 aliphatic heterocycles. The SMILES string of the molecule is Cc1ccc(Oc2cccc(F)c2/C=C/C(=O)O)c(Cl)c1. The normalized spacial score (nSPS) is 10.8. The summed E-state index contributed by atoms with van der Waals surface area (Å²) in [5, 5.41) is 9.05. The van der Waals surface area contributed by atoms with Crippen LogP contribution in [-0.2, 0) is 4.79 Å². The molecule has 0 saturated carbocycles. The highest BCUT2D eigenvalue weighted by atomic mass is 35.5. The van der Waals surface area contributed by atoms with E-state index in [1.54, 1.807) is 18.2 Å².